The first-order valence-corrected chi connectivity index (χ1v) is 9.12. The summed E-state index contributed by atoms with van der Waals surface area (Å²) in [6.45, 7) is 6.90. The van der Waals surface area contributed by atoms with Crippen molar-refractivity contribution < 1.29 is 23.9 Å². The molecule has 2 atom stereocenters. The van der Waals surface area contributed by atoms with Gasteiger partial charge in [0.25, 0.3) is 0 Å². The van der Waals surface area contributed by atoms with Crippen LogP contribution in [-0.2, 0) is 19.1 Å². The van der Waals surface area contributed by atoms with Gasteiger partial charge in [0, 0.05) is 13.3 Å². The second kappa shape index (κ2) is 8.06. The van der Waals surface area contributed by atoms with Crippen LogP contribution in [0.1, 0.15) is 66.2 Å². The van der Waals surface area contributed by atoms with Crippen LogP contribution in [-0.4, -0.2) is 41.2 Å². The van der Waals surface area contributed by atoms with Crippen LogP contribution in [0.15, 0.2) is 0 Å². The molecule has 2 amide bonds. The summed E-state index contributed by atoms with van der Waals surface area (Å²) in [6, 6.07) is 0.0547. The van der Waals surface area contributed by atoms with Crippen molar-refractivity contribution in [2.75, 3.05) is 6.61 Å². The van der Waals surface area contributed by atoms with E-state index in [0.29, 0.717) is 18.3 Å². The highest BCUT2D eigenvalue weighted by molar-refractivity contribution is 5.80. The minimum absolute atomic E-state index is 0.0547. The van der Waals surface area contributed by atoms with Crippen LogP contribution < -0.4 is 5.43 Å². The lowest BCUT2D eigenvalue weighted by atomic mass is 9.81. The number of carbonyl (C=O) groups is 3. The van der Waals surface area contributed by atoms with Gasteiger partial charge in [-0.15, -0.1) is 0 Å². The zero-order valence-corrected chi connectivity index (χ0v) is 15.7. The molecule has 2 aliphatic rings. The van der Waals surface area contributed by atoms with Crippen LogP contribution in [0, 0.1) is 11.8 Å². The van der Waals surface area contributed by atoms with E-state index in [2.05, 4.69) is 5.43 Å². The molecule has 0 radical (unpaired) electrons. The molecule has 2 fully saturated rings. The van der Waals surface area contributed by atoms with Gasteiger partial charge in [-0.2, -0.15) is 0 Å². The van der Waals surface area contributed by atoms with Crippen LogP contribution in [0.4, 0.5) is 4.79 Å². The standard InChI is InChI=1S/C18H30N2O5/c1-12(21)24-10-6-9-16(22)20(19-17(23)25-18(2,3)4)15-11-14(15)13-7-5-8-13/h13-15H,5-11H2,1-4H3,(H,19,23). The summed E-state index contributed by atoms with van der Waals surface area (Å²) in [6.07, 6.45) is 4.65. The maximum atomic E-state index is 12.6. The lowest BCUT2D eigenvalue weighted by Gasteiger charge is -2.30. The van der Waals surface area contributed by atoms with Crippen molar-refractivity contribution in [3.05, 3.63) is 0 Å². The molecule has 0 saturated heterocycles. The Morgan fingerprint density at radius 2 is 1.88 bits per heavy atom. The van der Waals surface area contributed by atoms with Crippen molar-refractivity contribution in [1.29, 1.82) is 0 Å². The van der Waals surface area contributed by atoms with E-state index >= 15 is 0 Å². The molecule has 2 rings (SSSR count). The van der Waals surface area contributed by atoms with E-state index in [1.165, 1.54) is 31.2 Å². The van der Waals surface area contributed by atoms with Crippen molar-refractivity contribution >= 4 is 18.0 Å². The Hall–Kier alpha value is -1.79. The zero-order chi connectivity index (χ0) is 18.6. The predicted octanol–water partition coefficient (Wildman–Crippen LogP) is 2.79. The summed E-state index contributed by atoms with van der Waals surface area (Å²) in [4.78, 5) is 35.4. The number of hydrazine groups is 1. The van der Waals surface area contributed by atoms with Gasteiger partial charge in [0.05, 0.1) is 12.6 Å². The third-order valence-corrected chi connectivity index (χ3v) is 4.61. The number of carbonyl (C=O) groups excluding carboxylic acids is 3. The van der Waals surface area contributed by atoms with Crippen LogP contribution in [0.3, 0.4) is 0 Å². The van der Waals surface area contributed by atoms with Crippen molar-refractivity contribution in [3.63, 3.8) is 0 Å². The molecule has 0 bridgehead atoms. The van der Waals surface area contributed by atoms with E-state index < -0.39 is 11.7 Å². The first kappa shape index (κ1) is 19.5. The Bertz CT molecular complexity index is 510. The van der Waals surface area contributed by atoms with E-state index in [1.54, 1.807) is 20.8 Å². The fourth-order valence-corrected chi connectivity index (χ4v) is 3.16. The topological polar surface area (TPSA) is 84.9 Å². The number of nitrogens with one attached hydrogen (secondary N) is 1. The molecule has 0 aromatic rings. The molecule has 0 aliphatic heterocycles. The Morgan fingerprint density at radius 3 is 2.40 bits per heavy atom. The fourth-order valence-electron chi connectivity index (χ4n) is 3.16. The quantitative estimate of drug-likeness (QED) is 0.450. The maximum absolute atomic E-state index is 12.6. The number of nitrogens with zero attached hydrogens (tertiary/aromatic N) is 1. The molecule has 25 heavy (non-hydrogen) atoms. The molecule has 7 heteroatoms. The molecule has 1 N–H and O–H groups in total. The summed E-state index contributed by atoms with van der Waals surface area (Å²) < 4.78 is 10.1. The molecular formula is C18H30N2O5. The zero-order valence-electron chi connectivity index (χ0n) is 15.7. The molecule has 0 spiro atoms. The van der Waals surface area contributed by atoms with Crippen LogP contribution in [0.25, 0.3) is 0 Å². The molecule has 0 aromatic heterocycles. The highest BCUT2D eigenvalue weighted by atomic mass is 16.6. The van der Waals surface area contributed by atoms with E-state index in [1.807, 2.05) is 0 Å². The Balaban J connectivity index is 1.88. The Labute approximate surface area is 149 Å². The van der Waals surface area contributed by atoms with E-state index in [4.69, 9.17) is 9.47 Å². The van der Waals surface area contributed by atoms with Crippen LogP contribution in [0.5, 0.6) is 0 Å². The molecular weight excluding hydrogens is 324 g/mol. The average Bonchev–Trinajstić information content (AvgIpc) is 3.16. The van der Waals surface area contributed by atoms with Gasteiger partial charge in [-0.3, -0.25) is 9.59 Å². The van der Waals surface area contributed by atoms with Crippen molar-refractivity contribution in [3.8, 4) is 0 Å². The summed E-state index contributed by atoms with van der Waals surface area (Å²) in [7, 11) is 0. The normalized spacial score (nSPS) is 22.6. The second-order valence-corrected chi connectivity index (χ2v) is 7.98. The summed E-state index contributed by atoms with van der Waals surface area (Å²) in [5.74, 6) is 0.621. The van der Waals surface area contributed by atoms with Crippen molar-refractivity contribution in [2.24, 2.45) is 11.8 Å². The average molecular weight is 354 g/mol. The first-order valence-electron chi connectivity index (χ1n) is 9.12. The minimum atomic E-state index is -0.620. The highest BCUT2D eigenvalue weighted by Crippen LogP contribution is 2.49. The van der Waals surface area contributed by atoms with Gasteiger partial charge < -0.3 is 9.47 Å². The number of hydrogen-bond acceptors (Lipinski definition) is 5. The van der Waals surface area contributed by atoms with E-state index in [9.17, 15) is 14.4 Å². The number of ether oxygens (including phenoxy) is 2. The number of amides is 2. The summed E-state index contributed by atoms with van der Waals surface area (Å²) in [5.41, 5.74) is 2.01. The SMILES string of the molecule is CC(=O)OCCCC(=O)N(NC(=O)OC(C)(C)C)C1CC1C1CCC1. The molecule has 2 aliphatic carbocycles. The molecule has 142 valence electrons. The van der Waals surface area contributed by atoms with Crippen molar-refractivity contribution in [2.45, 2.75) is 77.9 Å². The number of esters is 1. The highest BCUT2D eigenvalue weighted by Gasteiger charge is 2.50. The van der Waals surface area contributed by atoms with E-state index in [0.717, 1.165) is 6.42 Å². The van der Waals surface area contributed by atoms with E-state index in [-0.39, 0.29) is 30.9 Å². The van der Waals surface area contributed by atoms with Gasteiger partial charge in [0.2, 0.25) is 5.91 Å². The molecule has 0 heterocycles. The second-order valence-electron chi connectivity index (χ2n) is 7.98. The Morgan fingerprint density at radius 1 is 1.20 bits per heavy atom. The molecule has 2 saturated carbocycles. The van der Waals surface area contributed by atoms with Gasteiger partial charge >= 0.3 is 12.1 Å². The Kier molecular flexibility index (Phi) is 6.30. The lowest BCUT2D eigenvalue weighted by molar-refractivity contribution is -0.142. The fraction of sp³-hybridized carbons (Fsp3) is 0.833. The monoisotopic (exact) mass is 354 g/mol. The molecule has 0 aromatic carbocycles. The van der Waals surface area contributed by atoms with Gasteiger partial charge in [-0.25, -0.2) is 15.2 Å². The third kappa shape index (κ3) is 6.21. The number of rotatable bonds is 6. The predicted molar refractivity (Wildman–Crippen MR) is 91.3 cm³/mol. The molecule has 2 unspecified atom stereocenters. The number of hydrogen-bond donors (Lipinski definition) is 1. The van der Waals surface area contributed by atoms with Gasteiger partial charge in [-0.1, -0.05) is 19.3 Å². The summed E-state index contributed by atoms with van der Waals surface area (Å²) >= 11 is 0. The maximum Gasteiger partial charge on any atom is 0.426 e. The summed E-state index contributed by atoms with van der Waals surface area (Å²) in [5, 5.41) is 1.45. The van der Waals surface area contributed by atoms with Crippen LogP contribution in [0.2, 0.25) is 0 Å². The van der Waals surface area contributed by atoms with Gasteiger partial charge in [0.15, 0.2) is 0 Å². The van der Waals surface area contributed by atoms with Gasteiger partial charge in [0.1, 0.15) is 5.60 Å². The smallest absolute Gasteiger partial charge is 0.426 e. The third-order valence-electron chi connectivity index (χ3n) is 4.61. The molecule has 7 nitrogen and oxygen atoms in total. The minimum Gasteiger partial charge on any atom is -0.466 e. The first-order chi connectivity index (χ1) is 11.7. The lowest BCUT2D eigenvalue weighted by Crippen LogP contribution is -2.50. The van der Waals surface area contributed by atoms with Gasteiger partial charge in [-0.05, 0) is 45.4 Å². The largest absolute Gasteiger partial charge is 0.466 e. The van der Waals surface area contributed by atoms with Crippen molar-refractivity contribution in [1.82, 2.24) is 10.4 Å². The van der Waals surface area contributed by atoms with Crippen LogP contribution >= 0.6 is 0 Å².